The van der Waals surface area contributed by atoms with E-state index in [9.17, 15) is 0 Å². The molecule has 1 aromatic carbocycles. The van der Waals surface area contributed by atoms with Gasteiger partial charge in [-0.05, 0) is 96.1 Å². The largest absolute Gasteiger partial charge is 0.415 e. The van der Waals surface area contributed by atoms with Crippen LogP contribution < -0.4 is 0 Å². The molecule has 0 amide bonds. The van der Waals surface area contributed by atoms with Crippen LogP contribution in [0.5, 0.6) is 0 Å². The average molecular weight is 823 g/mol. The number of thiophene rings is 4. The Balaban J connectivity index is 0.988. The molecule has 0 fully saturated rings. The smallest absolute Gasteiger partial charge is 0.258 e. The maximum absolute atomic E-state index is 6.29. The van der Waals surface area contributed by atoms with E-state index in [1.54, 1.807) is 45.3 Å². The molecule has 0 bridgehead atoms. The minimum Gasteiger partial charge on any atom is -0.415 e. The van der Waals surface area contributed by atoms with Gasteiger partial charge in [-0.2, -0.15) is 0 Å². The molecule has 7 aromatic rings. The lowest BCUT2D eigenvalue weighted by atomic mass is 10.0. The molecule has 0 aliphatic heterocycles. The third kappa shape index (κ3) is 10.8. The van der Waals surface area contributed by atoms with Crippen molar-refractivity contribution in [2.75, 3.05) is 0 Å². The standard InChI is InChI=1S/C46H54N4O2S4/c1-3-5-7-9-11-13-15-17-21-35-31-39(55-41(35)37-23-19-29-53-37)45-49-47-43(51-45)33-25-27-34(28-26-33)44-48-50-46(52-44)40-32-36(42(56-40)38-24-20-30-54-38)22-18-16-14-12-10-8-6-4-2/h19-20,23-32H,3-18,21-22H2,1-2H3. The van der Waals surface area contributed by atoms with Gasteiger partial charge in [0.25, 0.3) is 11.8 Å². The van der Waals surface area contributed by atoms with Crippen LogP contribution in [0.1, 0.15) is 128 Å². The maximum atomic E-state index is 6.29. The molecule has 0 aliphatic rings. The normalized spacial score (nSPS) is 11.6. The summed E-state index contributed by atoms with van der Waals surface area (Å²) >= 11 is 7.09. The Labute approximate surface area is 348 Å². The van der Waals surface area contributed by atoms with Gasteiger partial charge < -0.3 is 8.83 Å². The van der Waals surface area contributed by atoms with Gasteiger partial charge >= 0.3 is 0 Å². The highest BCUT2D eigenvalue weighted by atomic mass is 32.1. The van der Waals surface area contributed by atoms with Crippen molar-refractivity contribution in [3.8, 4) is 64.0 Å². The van der Waals surface area contributed by atoms with E-state index in [4.69, 9.17) is 8.83 Å². The number of rotatable bonds is 24. The molecular weight excluding hydrogens is 769 g/mol. The Morgan fingerprint density at radius 3 is 1.18 bits per heavy atom. The van der Waals surface area contributed by atoms with E-state index in [1.165, 1.54) is 133 Å². The van der Waals surface area contributed by atoms with Gasteiger partial charge in [0.15, 0.2) is 0 Å². The Hall–Kier alpha value is -3.70. The zero-order valence-corrected chi connectivity index (χ0v) is 36.2. The molecule has 10 heteroatoms. The summed E-state index contributed by atoms with van der Waals surface area (Å²) < 4.78 is 12.6. The Kier molecular flexibility index (Phi) is 15.3. The van der Waals surface area contributed by atoms with Crippen LogP contribution in [0.2, 0.25) is 0 Å². The van der Waals surface area contributed by atoms with Crippen LogP contribution in [-0.2, 0) is 12.8 Å². The van der Waals surface area contributed by atoms with E-state index in [2.05, 4.69) is 81.4 Å². The summed E-state index contributed by atoms with van der Waals surface area (Å²) in [4.78, 5) is 7.30. The summed E-state index contributed by atoms with van der Waals surface area (Å²) in [6, 6.07) is 21.2. The molecule has 294 valence electrons. The molecule has 0 radical (unpaired) electrons. The van der Waals surface area contributed by atoms with Gasteiger partial charge in [0, 0.05) is 30.6 Å². The Morgan fingerprint density at radius 1 is 0.429 bits per heavy atom. The molecule has 7 rings (SSSR count). The van der Waals surface area contributed by atoms with E-state index in [0.29, 0.717) is 23.6 Å². The lowest BCUT2D eigenvalue weighted by Gasteiger charge is -2.03. The van der Waals surface area contributed by atoms with Gasteiger partial charge in [0.2, 0.25) is 11.8 Å². The minimum absolute atomic E-state index is 0.497. The van der Waals surface area contributed by atoms with E-state index in [0.717, 1.165) is 33.7 Å². The predicted octanol–water partition coefficient (Wildman–Crippen LogP) is 16.1. The minimum atomic E-state index is 0.497. The molecule has 0 saturated carbocycles. The summed E-state index contributed by atoms with van der Waals surface area (Å²) in [5.74, 6) is 2.12. The zero-order chi connectivity index (χ0) is 38.4. The fourth-order valence-electron chi connectivity index (χ4n) is 7.21. The number of nitrogens with zero attached hydrogens (tertiary/aromatic N) is 4. The van der Waals surface area contributed by atoms with E-state index in [-0.39, 0.29) is 0 Å². The molecule has 6 heterocycles. The highest BCUT2D eigenvalue weighted by Crippen LogP contribution is 2.43. The highest BCUT2D eigenvalue weighted by Gasteiger charge is 2.20. The van der Waals surface area contributed by atoms with Crippen LogP contribution in [0.3, 0.4) is 0 Å². The molecule has 56 heavy (non-hydrogen) atoms. The van der Waals surface area contributed by atoms with Crippen molar-refractivity contribution in [3.05, 3.63) is 82.6 Å². The van der Waals surface area contributed by atoms with Crippen molar-refractivity contribution in [2.24, 2.45) is 0 Å². The van der Waals surface area contributed by atoms with Crippen LogP contribution >= 0.6 is 45.3 Å². The lowest BCUT2D eigenvalue weighted by molar-refractivity contribution is 0.575. The fraction of sp³-hybridized carbons (Fsp3) is 0.435. The molecule has 6 nitrogen and oxygen atoms in total. The van der Waals surface area contributed by atoms with Gasteiger partial charge in [-0.1, -0.05) is 116 Å². The first-order valence-corrected chi connectivity index (χ1v) is 24.2. The van der Waals surface area contributed by atoms with Crippen molar-refractivity contribution in [3.63, 3.8) is 0 Å². The Bertz CT molecular complexity index is 2000. The van der Waals surface area contributed by atoms with Crippen molar-refractivity contribution < 1.29 is 8.83 Å². The topological polar surface area (TPSA) is 77.8 Å². The van der Waals surface area contributed by atoms with Crippen LogP contribution in [0.15, 0.2) is 80.3 Å². The molecule has 0 saturated heterocycles. The first-order valence-electron chi connectivity index (χ1n) is 20.8. The molecule has 0 N–H and O–H groups in total. The van der Waals surface area contributed by atoms with Crippen molar-refractivity contribution in [1.82, 2.24) is 20.4 Å². The molecular formula is C46H54N4O2S4. The monoisotopic (exact) mass is 822 g/mol. The lowest BCUT2D eigenvalue weighted by Crippen LogP contribution is -1.86. The highest BCUT2D eigenvalue weighted by molar-refractivity contribution is 7.24. The van der Waals surface area contributed by atoms with Crippen molar-refractivity contribution in [2.45, 2.75) is 129 Å². The van der Waals surface area contributed by atoms with Gasteiger partial charge in [0.05, 0.1) is 9.75 Å². The fourth-order valence-corrected chi connectivity index (χ4v) is 11.2. The molecule has 6 aromatic heterocycles. The van der Waals surface area contributed by atoms with E-state index < -0.39 is 0 Å². The summed E-state index contributed by atoms with van der Waals surface area (Å²) in [7, 11) is 0. The summed E-state index contributed by atoms with van der Waals surface area (Å²) in [5, 5.41) is 22.2. The number of aromatic nitrogens is 4. The van der Waals surface area contributed by atoms with Gasteiger partial charge in [-0.25, -0.2) is 0 Å². The zero-order valence-electron chi connectivity index (χ0n) is 32.9. The van der Waals surface area contributed by atoms with Crippen LogP contribution in [-0.4, -0.2) is 20.4 Å². The molecule has 0 spiro atoms. The van der Waals surface area contributed by atoms with Gasteiger partial charge in [-0.15, -0.1) is 65.7 Å². The SMILES string of the molecule is CCCCCCCCCCc1cc(-c2nnc(-c3ccc(-c4nnc(-c5cc(CCCCCCCCCC)c(-c6cccs6)s5)o4)cc3)o2)sc1-c1cccs1. The first-order chi connectivity index (χ1) is 27.7. The average Bonchev–Trinajstić information content (AvgIpc) is 4.07. The summed E-state index contributed by atoms with van der Waals surface area (Å²) in [6.45, 7) is 4.55. The molecule has 0 unspecified atom stereocenters. The van der Waals surface area contributed by atoms with Gasteiger partial charge in [0.1, 0.15) is 0 Å². The summed E-state index contributed by atoms with van der Waals surface area (Å²) in [6.07, 6.45) is 23.2. The van der Waals surface area contributed by atoms with Crippen LogP contribution in [0.25, 0.3) is 64.0 Å². The first kappa shape index (κ1) is 40.5. The van der Waals surface area contributed by atoms with Crippen LogP contribution in [0.4, 0.5) is 0 Å². The second-order valence-corrected chi connectivity index (χ2v) is 18.7. The van der Waals surface area contributed by atoms with Crippen molar-refractivity contribution in [1.29, 1.82) is 0 Å². The second-order valence-electron chi connectivity index (χ2n) is 14.7. The quantitative estimate of drug-likeness (QED) is 0.0565. The maximum Gasteiger partial charge on any atom is 0.258 e. The molecule has 0 aliphatic carbocycles. The second kappa shape index (κ2) is 21.2. The summed E-state index contributed by atoms with van der Waals surface area (Å²) in [5.41, 5.74) is 4.47. The third-order valence-corrected chi connectivity index (χ3v) is 14.8. The Morgan fingerprint density at radius 2 is 0.804 bits per heavy atom. The number of unbranched alkanes of at least 4 members (excludes halogenated alkanes) is 14. The number of hydrogen-bond donors (Lipinski definition) is 0. The van der Waals surface area contributed by atoms with Crippen LogP contribution in [0, 0.1) is 0 Å². The van der Waals surface area contributed by atoms with E-state index in [1.807, 2.05) is 24.3 Å². The number of hydrogen-bond acceptors (Lipinski definition) is 10. The number of benzene rings is 1. The van der Waals surface area contributed by atoms with Gasteiger partial charge in [-0.3, -0.25) is 0 Å². The van der Waals surface area contributed by atoms with E-state index >= 15 is 0 Å². The predicted molar refractivity (Wildman–Crippen MR) is 239 cm³/mol. The van der Waals surface area contributed by atoms with Crippen molar-refractivity contribution >= 4 is 45.3 Å². The third-order valence-electron chi connectivity index (χ3n) is 10.4. The molecule has 0 atom stereocenters. The number of aryl methyl sites for hydroxylation is 2.